The maximum Gasteiger partial charge on any atom is 0.134 e. The zero-order valence-electron chi connectivity index (χ0n) is 15.1. The van der Waals surface area contributed by atoms with Crippen molar-refractivity contribution in [1.82, 2.24) is 15.5 Å². The summed E-state index contributed by atoms with van der Waals surface area (Å²) >= 11 is 1.73. The van der Waals surface area contributed by atoms with E-state index in [1.54, 1.807) is 11.8 Å². The van der Waals surface area contributed by atoms with Gasteiger partial charge in [0.1, 0.15) is 5.75 Å². The second-order valence-corrected chi connectivity index (χ2v) is 7.70. The number of aromatic nitrogens is 2. The van der Waals surface area contributed by atoms with Crippen molar-refractivity contribution in [3.05, 3.63) is 54.2 Å². The molecule has 0 bridgehead atoms. The van der Waals surface area contributed by atoms with E-state index in [9.17, 15) is 0 Å². The Kier molecular flexibility index (Phi) is 5.46. The van der Waals surface area contributed by atoms with Gasteiger partial charge in [-0.2, -0.15) is 5.10 Å². The lowest BCUT2D eigenvalue weighted by molar-refractivity contribution is 0.136. The zero-order chi connectivity index (χ0) is 17.8. The monoisotopic (exact) mass is 367 g/mol. The largest absolute Gasteiger partial charge is 0.489 e. The lowest BCUT2D eigenvalue weighted by Crippen LogP contribution is -2.36. The Bertz CT molecular complexity index is 841. The quantitative estimate of drug-likeness (QED) is 0.617. The van der Waals surface area contributed by atoms with Crippen LogP contribution in [0.25, 0.3) is 10.9 Å². The lowest BCUT2D eigenvalue weighted by Gasteiger charge is -2.30. The fraction of sp³-hybridized carbons (Fsp3) is 0.381. The maximum atomic E-state index is 6.38. The number of nitrogens with one attached hydrogen (secondary N) is 2. The van der Waals surface area contributed by atoms with E-state index in [-0.39, 0.29) is 0 Å². The third kappa shape index (κ3) is 3.89. The first-order valence-corrected chi connectivity index (χ1v) is 10.5. The molecule has 1 aromatic heterocycles. The van der Waals surface area contributed by atoms with Crippen LogP contribution in [0.5, 0.6) is 5.75 Å². The molecule has 0 unspecified atom stereocenters. The number of thioether (sulfide) groups is 1. The van der Waals surface area contributed by atoms with Gasteiger partial charge in [-0.3, -0.25) is 5.10 Å². The molecule has 0 radical (unpaired) electrons. The summed E-state index contributed by atoms with van der Waals surface area (Å²) in [6.07, 6.45) is 8.82. The van der Waals surface area contributed by atoms with E-state index in [0.29, 0.717) is 12.1 Å². The van der Waals surface area contributed by atoms with Crippen molar-refractivity contribution in [3.8, 4) is 5.75 Å². The average Bonchev–Trinajstić information content (AvgIpc) is 3.17. The van der Waals surface area contributed by atoms with E-state index in [2.05, 4.69) is 64.2 Å². The van der Waals surface area contributed by atoms with Gasteiger partial charge < -0.3 is 10.1 Å². The topological polar surface area (TPSA) is 49.9 Å². The minimum atomic E-state index is 0.306. The molecule has 1 aliphatic rings. The molecular formula is C21H25N3OS. The van der Waals surface area contributed by atoms with E-state index >= 15 is 0 Å². The van der Waals surface area contributed by atoms with Crippen molar-refractivity contribution in [2.24, 2.45) is 0 Å². The summed E-state index contributed by atoms with van der Waals surface area (Å²) in [5.41, 5.74) is 2.42. The Hall–Kier alpha value is -1.98. The highest BCUT2D eigenvalue weighted by molar-refractivity contribution is 7.99. The van der Waals surface area contributed by atoms with Crippen molar-refractivity contribution >= 4 is 22.7 Å². The summed E-state index contributed by atoms with van der Waals surface area (Å²) in [6.45, 7) is 0.949. The van der Waals surface area contributed by atoms with Crippen LogP contribution in [0.15, 0.2) is 53.6 Å². The minimum Gasteiger partial charge on any atom is -0.489 e. The number of aromatic amines is 1. The molecule has 2 aromatic carbocycles. The van der Waals surface area contributed by atoms with E-state index in [1.807, 2.05) is 6.20 Å². The smallest absolute Gasteiger partial charge is 0.134 e. The van der Waals surface area contributed by atoms with Crippen LogP contribution in [0.3, 0.4) is 0 Å². The summed E-state index contributed by atoms with van der Waals surface area (Å²) in [4.78, 5) is 1.18. The van der Waals surface area contributed by atoms with Crippen molar-refractivity contribution in [2.45, 2.75) is 49.3 Å². The summed E-state index contributed by atoms with van der Waals surface area (Å²) in [7, 11) is 0. The first kappa shape index (κ1) is 17.4. The lowest BCUT2D eigenvalue weighted by atomic mass is 9.92. The van der Waals surface area contributed by atoms with E-state index < -0.39 is 0 Å². The molecule has 2 N–H and O–H groups in total. The van der Waals surface area contributed by atoms with E-state index in [4.69, 9.17) is 4.74 Å². The number of fused-ring (bicyclic) bond motifs is 1. The molecule has 26 heavy (non-hydrogen) atoms. The first-order valence-electron chi connectivity index (χ1n) is 9.27. The number of H-pyrrole nitrogens is 1. The van der Waals surface area contributed by atoms with Crippen LogP contribution in [0, 0.1) is 0 Å². The third-order valence-corrected chi connectivity index (χ3v) is 5.98. The Morgan fingerprint density at radius 2 is 1.92 bits per heavy atom. The van der Waals surface area contributed by atoms with Crippen molar-refractivity contribution in [2.75, 3.05) is 6.26 Å². The minimum absolute atomic E-state index is 0.306. The molecule has 0 spiro atoms. The van der Waals surface area contributed by atoms with Crippen LogP contribution >= 0.6 is 11.8 Å². The molecule has 3 aromatic rings. The van der Waals surface area contributed by atoms with Crippen molar-refractivity contribution in [1.29, 1.82) is 0 Å². The van der Waals surface area contributed by atoms with Gasteiger partial charge in [0.25, 0.3) is 0 Å². The molecule has 1 aliphatic carbocycles. The molecule has 4 rings (SSSR count). The number of benzene rings is 2. The van der Waals surface area contributed by atoms with Gasteiger partial charge in [0, 0.05) is 18.0 Å². The standard InChI is InChI=1S/C21H25N3OS/c1-26-21-18-14-23-24-19(18)11-12-20(21)25-17-9-7-16(8-10-17)22-13-15-5-3-2-4-6-15/h2-6,11-12,14,16-17,22H,7-10,13H2,1H3,(H,23,24). The van der Waals surface area contributed by atoms with Gasteiger partial charge in [-0.1, -0.05) is 30.3 Å². The first-order chi connectivity index (χ1) is 12.8. The Labute approximate surface area is 158 Å². The van der Waals surface area contributed by atoms with Crippen molar-refractivity contribution < 1.29 is 4.74 Å². The molecule has 0 amide bonds. The van der Waals surface area contributed by atoms with Crippen LogP contribution in [0.1, 0.15) is 31.2 Å². The molecule has 4 nitrogen and oxygen atoms in total. The van der Waals surface area contributed by atoms with Gasteiger partial charge in [-0.15, -0.1) is 11.8 Å². The summed E-state index contributed by atoms with van der Waals surface area (Å²) in [6, 6.07) is 15.3. The fourth-order valence-electron chi connectivity index (χ4n) is 3.70. The normalized spacial score (nSPS) is 20.3. The average molecular weight is 368 g/mol. The Morgan fingerprint density at radius 3 is 2.69 bits per heavy atom. The van der Waals surface area contributed by atoms with Crippen molar-refractivity contribution in [3.63, 3.8) is 0 Å². The second-order valence-electron chi connectivity index (χ2n) is 6.89. The predicted molar refractivity (Wildman–Crippen MR) is 108 cm³/mol. The number of nitrogens with zero attached hydrogens (tertiary/aromatic N) is 1. The summed E-state index contributed by atoms with van der Waals surface area (Å²) < 4.78 is 6.38. The predicted octanol–water partition coefficient (Wildman–Crippen LogP) is 4.76. The fourth-order valence-corrected chi connectivity index (χ4v) is 4.40. The number of rotatable bonds is 6. The van der Waals surface area contributed by atoms with Gasteiger partial charge >= 0.3 is 0 Å². The van der Waals surface area contributed by atoms with E-state index in [1.165, 1.54) is 23.3 Å². The summed E-state index contributed by atoms with van der Waals surface area (Å²) in [5.74, 6) is 0.993. The summed E-state index contributed by atoms with van der Waals surface area (Å²) in [5, 5.41) is 12.0. The molecule has 0 saturated heterocycles. The molecule has 5 heteroatoms. The Morgan fingerprint density at radius 1 is 1.12 bits per heavy atom. The van der Waals surface area contributed by atoms with Crippen LogP contribution in [0.4, 0.5) is 0 Å². The highest BCUT2D eigenvalue weighted by Gasteiger charge is 2.23. The van der Waals surface area contributed by atoms with Crippen LogP contribution in [-0.2, 0) is 6.54 Å². The van der Waals surface area contributed by atoms with Gasteiger partial charge in [0.05, 0.1) is 22.7 Å². The highest BCUT2D eigenvalue weighted by atomic mass is 32.2. The molecule has 0 aliphatic heterocycles. The molecule has 1 fully saturated rings. The second kappa shape index (κ2) is 8.14. The van der Waals surface area contributed by atoms with Crippen LogP contribution in [0.2, 0.25) is 0 Å². The van der Waals surface area contributed by atoms with Gasteiger partial charge in [0.15, 0.2) is 0 Å². The number of hydrogen-bond donors (Lipinski definition) is 2. The number of ether oxygens (including phenoxy) is 1. The molecule has 1 heterocycles. The van der Waals surface area contributed by atoms with E-state index in [0.717, 1.165) is 36.0 Å². The molecular weight excluding hydrogens is 342 g/mol. The maximum absolute atomic E-state index is 6.38. The molecule has 0 atom stereocenters. The van der Waals surface area contributed by atoms with Crippen LogP contribution in [-0.4, -0.2) is 28.6 Å². The molecule has 1 saturated carbocycles. The Balaban J connectivity index is 1.32. The van der Waals surface area contributed by atoms with Gasteiger partial charge in [0.2, 0.25) is 0 Å². The third-order valence-electron chi connectivity index (χ3n) is 5.15. The van der Waals surface area contributed by atoms with Gasteiger partial charge in [-0.25, -0.2) is 0 Å². The number of hydrogen-bond acceptors (Lipinski definition) is 4. The highest BCUT2D eigenvalue weighted by Crippen LogP contribution is 2.36. The molecule has 136 valence electrons. The zero-order valence-corrected chi connectivity index (χ0v) is 15.9. The van der Waals surface area contributed by atoms with Crippen LogP contribution < -0.4 is 10.1 Å². The van der Waals surface area contributed by atoms with Gasteiger partial charge in [-0.05, 0) is 49.6 Å². The SMILES string of the molecule is CSc1c(OC2CCC(NCc3ccccc3)CC2)ccc2[nH]ncc12.